The Kier molecular flexibility index (Phi) is 4.19. The summed E-state index contributed by atoms with van der Waals surface area (Å²) in [6.07, 6.45) is 9.92. The first kappa shape index (κ1) is 14.4. The summed E-state index contributed by atoms with van der Waals surface area (Å²) in [6, 6.07) is 0. The van der Waals surface area contributed by atoms with Gasteiger partial charge in [-0.3, -0.25) is 9.59 Å². The van der Waals surface area contributed by atoms with E-state index in [9.17, 15) is 9.59 Å². The van der Waals surface area contributed by atoms with Crippen LogP contribution in [0.5, 0.6) is 0 Å². The molecule has 1 unspecified atom stereocenters. The SMILES string of the molecule is O=C(CCCBr)N=C1C=CC2C(=C1)NC(=O)C1=C2CCC1. The van der Waals surface area contributed by atoms with E-state index in [1.807, 2.05) is 18.2 Å². The fourth-order valence-electron chi connectivity index (χ4n) is 3.08. The Bertz CT molecular complexity index is 614. The van der Waals surface area contributed by atoms with Crippen molar-refractivity contribution in [3.63, 3.8) is 0 Å². The Labute approximate surface area is 132 Å². The lowest BCUT2D eigenvalue weighted by atomic mass is 9.85. The molecular formula is C16H17BrN2O2. The molecule has 4 nitrogen and oxygen atoms in total. The summed E-state index contributed by atoms with van der Waals surface area (Å²) in [5.74, 6) is 0.0642. The molecule has 1 N–H and O–H groups in total. The van der Waals surface area contributed by atoms with Crippen molar-refractivity contribution in [2.45, 2.75) is 32.1 Å². The summed E-state index contributed by atoms with van der Waals surface area (Å²) in [5.41, 5.74) is 3.68. The van der Waals surface area contributed by atoms with Crippen molar-refractivity contribution in [2.24, 2.45) is 10.9 Å². The van der Waals surface area contributed by atoms with Crippen LogP contribution in [0.4, 0.5) is 0 Å². The summed E-state index contributed by atoms with van der Waals surface area (Å²) in [5, 5.41) is 3.75. The third-order valence-electron chi connectivity index (χ3n) is 4.04. The molecule has 1 heterocycles. The van der Waals surface area contributed by atoms with Gasteiger partial charge >= 0.3 is 0 Å². The number of nitrogens with zero attached hydrogens (tertiary/aromatic N) is 1. The predicted molar refractivity (Wildman–Crippen MR) is 85.2 cm³/mol. The van der Waals surface area contributed by atoms with E-state index < -0.39 is 0 Å². The molecule has 5 heteroatoms. The Balaban J connectivity index is 1.81. The third-order valence-corrected chi connectivity index (χ3v) is 4.60. The summed E-state index contributed by atoms with van der Waals surface area (Å²) in [7, 11) is 0. The minimum absolute atomic E-state index is 0.0188. The number of hydrogen-bond donors (Lipinski definition) is 1. The number of alkyl halides is 1. The van der Waals surface area contributed by atoms with Crippen molar-refractivity contribution in [3.8, 4) is 0 Å². The van der Waals surface area contributed by atoms with Crippen LogP contribution >= 0.6 is 15.9 Å². The number of nitrogens with one attached hydrogen (secondary N) is 1. The van der Waals surface area contributed by atoms with Crippen LogP contribution in [-0.4, -0.2) is 22.9 Å². The number of amides is 2. The average molecular weight is 349 g/mol. The first-order valence-electron chi connectivity index (χ1n) is 7.29. The molecule has 0 radical (unpaired) electrons. The van der Waals surface area contributed by atoms with E-state index in [4.69, 9.17) is 0 Å². The standard InChI is InChI=1S/C16H17BrN2O2/c17-8-2-5-15(20)18-10-6-7-12-11-3-1-4-13(11)16(21)19-14(12)9-10/h6-7,9,12H,1-5,8H2,(H,19,21). The second kappa shape index (κ2) is 6.10. The van der Waals surface area contributed by atoms with Gasteiger partial charge in [-0.2, -0.15) is 0 Å². The van der Waals surface area contributed by atoms with E-state index >= 15 is 0 Å². The molecule has 1 aliphatic heterocycles. The second-order valence-electron chi connectivity index (χ2n) is 5.47. The van der Waals surface area contributed by atoms with E-state index in [-0.39, 0.29) is 17.7 Å². The van der Waals surface area contributed by atoms with E-state index in [2.05, 4.69) is 26.2 Å². The number of carbonyl (C=O) groups excluding carboxylic acids is 2. The normalized spacial score (nSPS) is 25.6. The van der Waals surface area contributed by atoms with Gasteiger partial charge < -0.3 is 5.32 Å². The molecule has 0 fully saturated rings. The van der Waals surface area contributed by atoms with E-state index in [0.717, 1.165) is 42.3 Å². The molecule has 0 aromatic rings. The van der Waals surface area contributed by atoms with Crippen molar-refractivity contribution in [3.05, 3.63) is 35.1 Å². The third kappa shape index (κ3) is 2.93. The van der Waals surface area contributed by atoms with Gasteiger partial charge in [0.1, 0.15) is 0 Å². The highest BCUT2D eigenvalue weighted by atomic mass is 79.9. The number of aliphatic imine (C=N–C) groups is 1. The molecule has 2 aliphatic carbocycles. The number of allylic oxidation sites excluding steroid dienone is 3. The lowest BCUT2D eigenvalue weighted by Gasteiger charge is -2.28. The van der Waals surface area contributed by atoms with E-state index in [1.54, 1.807) is 0 Å². The number of halogens is 1. The second-order valence-corrected chi connectivity index (χ2v) is 6.26. The number of fused-ring (bicyclic) bond motifs is 2. The maximum atomic E-state index is 12.1. The Morgan fingerprint density at radius 1 is 1.43 bits per heavy atom. The van der Waals surface area contributed by atoms with Gasteiger partial charge in [0.2, 0.25) is 5.91 Å². The van der Waals surface area contributed by atoms with Crippen molar-refractivity contribution in [2.75, 3.05) is 5.33 Å². The molecule has 1 atom stereocenters. The molecular weight excluding hydrogens is 332 g/mol. The molecule has 110 valence electrons. The van der Waals surface area contributed by atoms with Gasteiger partial charge in [0.15, 0.2) is 0 Å². The molecule has 3 aliphatic rings. The van der Waals surface area contributed by atoms with Crippen molar-refractivity contribution in [1.29, 1.82) is 0 Å². The minimum atomic E-state index is -0.118. The quantitative estimate of drug-likeness (QED) is 0.797. The first-order chi connectivity index (χ1) is 10.2. The van der Waals surface area contributed by atoms with Crippen LogP contribution in [0.3, 0.4) is 0 Å². The maximum absolute atomic E-state index is 12.1. The maximum Gasteiger partial charge on any atom is 0.251 e. The molecule has 3 rings (SSSR count). The van der Waals surface area contributed by atoms with Gasteiger partial charge in [0, 0.05) is 28.9 Å². The van der Waals surface area contributed by atoms with Gasteiger partial charge in [0.05, 0.1) is 5.71 Å². The van der Waals surface area contributed by atoms with E-state index in [0.29, 0.717) is 12.1 Å². The number of hydrogen-bond acceptors (Lipinski definition) is 2. The van der Waals surface area contributed by atoms with Crippen LogP contribution < -0.4 is 5.32 Å². The van der Waals surface area contributed by atoms with Crippen LogP contribution in [0, 0.1) is 5.92 Å². The van der Waals surface area contributed by atoms with Crippen molar-refractivity contribution < 1.29 is 9.59 Å². The van der Waals surface area contributed by atoms with Gasteiger partial charge in [-0.25, -0.2) is 4.99 Å². The summed E-state index contributed by atoms with van der Waals surface area (Å²) < 4.78 is 0. The van der Waals surface area contributed by atoms with Crippen molar-refractivity contribution >= 4 is 33.5 Å². The Hall–Kier alpha value is -1.49. The fraction of sp³-hybridized carbons (Fsp3) is 0.438. The number of rotatable bonds is 3. The molecule has 21 heavy (non-hydrogen) atoms. The molecule has 0 bridgehead atoms. The molecule has 0 aromatic carbocycles. The predicted octanol–water partition coefficient (Wildman–Crippen LogP) is 2.81. The zero-order chi connectivity index (χ0) is 14.8. The van der Waals surface area contributed by atoms with Gasteiger partial charge in [-0.15, -0.1) is 0 Å². The fourth-order valence-corrected chi connectivity index (χ4v) is 3.36. The smallest absolute Gasteiger partial charge is 0.251 e. The molecule has 0 aromatic heterocycles. The molecule has 0 saturated carbocycles. The van der Waals surface area contributed by atoms with E-state index in [1.165, 1.54) is 5.57 Å². The summed E-state index contributed by atoms with van der Waals surface area (Å²) >= 11 is 3.30. The lowest BCUT2D eigenvalue weighted by Crippen LogP contribution is -2.35. The van der Waals surface area contributed by atoms with Crippen LogP contribution in [0.2, 0.25) is 0 Å². The molecule has 0 saturated heterocycles. The van der Waals surface area contributed by atoms with Gasteiger partial charge in [-0.1, -0.05) is 22.0 Å². The minimum Gasteiger partial charge on any atom is -0.325 e. The number of carbonyl (C=O) groups is 2. The first-order valence-corrected chi connectivity index (χ1v) is 8.41. The highest BCUT2D eigenvalue weighted by molar-refractivity contribution is 9.09. The van der Waals surface area contributed by atoms with Crippen LogP contribution in [0.1, 0.15) is 32.1 Å². The van der Waals surface area contributed by atoms with Crippen LogP contribution in [-0.2, 0) is 9.59 Å². The van der Waals surface area contributed by atoms with Crippen LogP contribution in [0.25, 0.3) is 0 Å². The molecule has 0 spiro atoms. The highest BCUT2D eigenvalue weighted by Crippen LogP contribution is 2.39. The van der Waals surface area contributed by atoms with Gasteiger partial charge in [0.25, 0.3) is 5.91 Å². The zero-order valence-electron chi connectivity index (χ0n) is 11.7. The topological polar surface area (TPSA) is 58.5 Å². The average Bonchev–Trinajstić information content (AvgIpc) is 2.95. The van der Waals surface area contributed by atoms with Gasteiger partial charge in [-0.05, 0) is 43.4 Å². The Morgan fingerprint density at radius 3 is 3.10 bits per heavy atom. The lowest BCUT2D eigenvalue weighted by molar-refractivity contribution is -0.118. The van der Waals surface area contributed by atoms with Crippen molar-refractivity contribution in [1.82, 2.24) is 5.32 Å². The Morgan fingerprint density at radius 2 is 2.29 bits per heavy atom. The highest BCUT2D eigenvalue weighted by Gasteiger charge is 2.34. The van der Waals surface area contributed by atoms with Crippen LogP contribution in [0.15, 0.2) is 40.1 Å². The molecule has 2 amide bonds. The summed E-state index contributed by atoms with van der Waals surface area (Å²) in [4.78, 5) is 27.9. The monoisotopic (exact) mass is 348 g/mol. The largest absolute Gasteiger partial charge is 0.325 e. The summed E-state index contributed by atoms with van der Waals surface area (Å²) in [6.45, 7) is 0. The zero-order valence-corrected chi connectivity index (χ0v) is 13.3.